The lowest BCUT2D eigenvalue weighted by Gasteiger charge is -2.42. The topological polar surface area (TPSA) is 277 Å². The molecule has 0 aromatic carbocycles. The van der Waals surface area contributed by atoms with Crippen LogP contribution in [0.5, 0.6) is 0 Å². The first kappa shape index (κ1) is 84.5. The Labute approximate surface area is 537 Å². The van der Waals surface area contributed by atoms with Crippen molar-refractivity contribution in [3.8, 4) is 0 Å². The zero-order chi connectivity index (χ0) is 70.9. The summed E-state index contributed by atoms with van der Waals surface area (Å²) in [7, 11) is 0. The fourth-order valence-electron chi connectivity index (χ4n) is 10.1. The molecule has 5 amide bonds. The van der Waals surface area contributed by atoms with E-state index >= 15 is 0 Å². The minimum absolute atomic E-state index is 0.00999. The third-order valence-corrected chi connectivity index (χ3v) is 15.6. The molecule has 0 spiro atoms. The maximum absolute atomic E-state index is 12.5. The van der Waals surface area contributed by atoms with E-state index in [1.54, 1.807) is 19.6 Å². The van der Waals surface area contributed by atoms with E-state index in [0.29, 0.717) is 51.5 Å². The van der Waals surface area contributed by atoms with Gasteiger partial charge in [0, 0.05) is 106 Å². The summed E-state index contributed by atoms with van der Waals surface area (Å²) in [5.41, 5.74) is -4.75. The second kappa shape index (κ2) is 31.4. The Kier molecular flexibility index (Phi) is 29.9. The summed E-state index contributed by atoms with van der Waals surface area (Å²) in [6.45, 7) is 57.1. The molecule has 4 aliphatic rings. The van der Waals surface area contributed by atoms with Crippen LogP contribution >= 0.6 is 0 Å². The second-order valence-electron chi connectivity index (χ2n) is 35.5. The van der Waals surface area contributed by atoms with Gasteiger partial charge in [0.2, 0.25) is 29.5 Å². The summed E-state index contributed by atoms with van der Waals surface area (Å²) < 4.78 is 0. The van der Waals surface area contributed by atoms with Crippen molar-refractivity contribution < 1.29 is 68.4 Å². The summed E-state index contributed by atoms with van der Waals surface area (Å²) in [5, 5.41) is 41.9. The number of Topliss-reactive ketones (excluding diaryl/α,β-unsaturated/α-hetero) is 5. The van der Waals surface area contributed by atoms with Gasteiger partial charge in [-0.05, 0) is 25.7 Å². The van der Waals surface area contributed by atoms with E-state index in [9.17, 15) is 68.4 Å². The van der Waals surface area contributed by atoms with E-state index in [-0.39, 0.29) is 95.5 Å². The number of β-amino-alcohol motifs (C(OH)–C–C–N with tert-alkyl or cyclic N) is 4. The fraction of sp³-hybridized carbons (Fsp3) is 0.857. The highest BCUT2D eigenvalue weighted by Crippen LogP contribution is 2.35. The Bertz CT molecular complexity index is 2210. The first-order chi connectivity index (χ1) is 39.3. The van der Waals surface area contributed by atoms with E-state index in [4.69, 9.17) is 0 Å². The Morgan fingerprint density at radius 3 is 0.742 bits per heavy atom. The average Bonchev–Trinajstić information content (AvgIpc) is 3.20. The zero-order valence-electron chi connectivity index (χ0n) is 61.3. The Balaban J connectivity index is 0.00000109. The molecule has 4 rings (SSSR count). The molecule has 4 heterocycles. The first-order valence-corrected chi connectivity index (χ1v) is 32.3. The number of aliphatic hydroxyl groups is 4. The Hall–Kier alpha value is -4.46. The largest absolute Gasteiger partial charge is 0.391 e. The van der Waals surface area contributed by atoms with Crippen molar-refractivity contribution in [2.45, 2.75) is 301 Å². The van der Waals surface area contributed by atoms with Crippen LogP contribution in [0, 0.1) is 54.1 Å². The zero-order valence-corrected chi connectivity index (χ0v) is 61.3. The van der Waals surface area contributed by atoms with Gasteiger partial charge in [-0.1, -0.05) is 208 Å². The van der Waals surface area contributed by atoms with Gasteiger partial charge in [-0.15, -0.1) is 0 Å². The van der Waals surface area contributed by atoms with Crippen molar-refractivity contribution in [1.29, 1.82) is 0 Å². The van der Waals surface area contributed by atoms with Gasteiger partial charge in [-0.3, -0.25) is 47.9 Å². The molecule has 0 aromatic heterocycles. The van der Waals surface area contributed by atoms with Gasteiger partial charge in [-0.2, -0.15) is 0 Å². The molecule has 0 radical (unpaired) electrons. The number of amides is 5. The number of hydrogen-bond donors (Lipinski definition) is 5. The molecule has 0 saturated carbocycles. The van der Waals surface area contributed by atoms with Crippen molar-refractivity contribution in [3.05, 3.63) is 0 Å². The number of ketones is 5. The minimum atomic E-state index is -0.590. The normalized spacial score (nSPS) is 23.2. The van der Waals surface area contributed by atoms with Crippen LogP contribution in [0.4, 0.5) is 0 Å². The number of rotatable bonds is 7. The van der Waals surface area contributed by atoms with Crippen molar-refractivity contribution in [3.63, 3.8) is 0 Å². The molecule has 0 unspecified atom stereocenters. The van der Waals surface area contributed by atoms with Gasteiger partial charge < -0.3 is 45.3 Å². The van der Waals surface area contributed by atoms with E-state index in [1.165, 1.54) is 0 Å². The Morgan fingerprint density at radius 2 is 0.528 bits per heavy atom. The van der Waals surface area contributed by atoms with E-state index in [1.807, 2.05) is 208 Å². The minimum Gasteiger partial charge on any atom is -0.391 e. The number of nitrogens with zero attached hydrogens (tertiary/aromatic N) is 4. The summed E-state index contributed by atoms with van der Waals surface area (Å²) >= 11 is 0. The van der Waals surface area contributed by atoms with Gasteiger partial charge in [0.15, 0.2) is 23.1 Å². The predicted octanol–water partition coefficient (Wildman–Crippen LogP) is 9.37. The van der Waals surface area contributed by atoms with Crippen LogP contribution in [0.3, 0.4) is 0 Å². The molecule has 89 heavy (non-hydrogen) atoms. The third-order valence-electron chi connectivity index (χ3n) is 15.6. The van der Waals surface area contributed by atoms with Gasteiger partial charge >= 0.3 is 0 Å². The van der Waals surface area contributed by atoms with Gasteiger partial charge in [-0.25, -0.2) is 0 Å². The first-order valence-electron chi connectivity index (χ1n) is 32.3. The smallest absolute Gasteiger partial charge is 0.228 e. The van der Waals surface area contributed by atoms with Crippen LogP contribution in [0.25, 0.3) is 0 Å². The van der Waals surface area contributed by atoms with Crippen LogP contribution in [0.15, 0.2) is 0 Å². The highest BCUT2D eigenvalue weighted by atomic mass is 16.3. The molecule has 19 nitrogen and oxygen atoms in total. The lowest BCUT2D eigenvalue weighted by atomic mass is 9.81. The highest BCUT2D eigenvalue weighted by Gasteiger charge is 2.48. The summed E-state index contributed by atoms with van der Waals surface area (Å²) in [4.78, 5) is 129. The molecule has 0 aromatic rings. The SMILES string of the molecule is CC(C)(C)C(=O)CCNC(=O)C(C)(C)C.CC(C)(C)C(=O)[C@@H]1CC[C@H](O)CN1C(=O)C(C)(C)C.CC(C)(C)C(=O)[C@@H]1C[C@H](O)CN1C(=O)C(C)(C)C.CC(C)(C)C(=O)[C@H]1CC[C@@H](O)CN1C(=O)C(C)(C)C.CC(C)(C)C(=O)[C@H]1C[C@@H](O)CN1C(=O)C(C)(C)C. The molecule has 5 N–H and O–H groups in total. The van der Waals surface area contributed by atoms with Gasteiger partial charge in [0.05, 0.1) is 48.6 Å². The molecule has 4 aliphatic heterocycles. The summed E-state index contributed by atoms with van der Waals surface area (Å²) in [6.07, 6.45) is 1.19. The lowest BCUT2D eigenvalue weighted by molar-refractivity contribution is -0.153. The van der Waals surface area contributed by atoms with Crippen LogP contribution < -0.4 is 5.32 Å². The Morgan fingerprint density at radius 1 is 0.303 bits per heavy atom. The standard InChI is InChI=1S/2C15H27NO3.2C14H25NO3.C12H23NO2/c2*1-14(2,3)12(18)11-8-7-10(17)9-16(11)13(19)15(4,5)6;2*1-13(2,3)11(17)10-7-9(16)8-15(10)12(18)14(4,5)6;1-11(2,3)9(14)7-8-13-10(15)12(4,5)6/h2*10-11,17H,7-9H2,1-6H3;2*9-10,16H,7-8H2,1-6H3;7-8H2,1-6H3,(H,13,15)/t2*10-,11-;2*9-,10-;/m1010./s1. The monoisotopic (exact) mass is 1260 g/mol. The number of piperidine rings is 2. The number of carbonyl (C=O) groups excluding carboxylic acids is 10. The average molecular weight is 1260 g/mol. The molecular weight excluding hydrogens is 1130 g/mol. The van der Waals surface area contributed by atoms with Crippen molar-refractivity contribution in [1.82, 2.24) is 24.9 Å². The van der Waals surface area contributed by atoms with Crippen LogP contribution in [0.2, 0.25) is 0 Å². The van der Waals surface area contributed by atoms with Gasteiger partial charge in [0.25, 0.3) is 0 Å². The lowest BCUT2D eigenvalue weighted by Crippen LogP contribution is -2.57. The number of carbonyl (C=O) groups is 10. The van der Waals surface area contributed by atoms with Crippen LogP contribution in [-0.4, -0.2) is 180 Å². The second-order valence-corrected chi connectivity index (χ2v) is 35.5. The maximum atomic E-state index is 12.5. The number of likely N-dealkylation sites (tertiary alicyclic amines) is 4. The molecule has 516 valence electrons. The fourth-order valence-corrected chi connectivity index (χ4v) is 10.1. The molecule has 8 atom stereocenters. The predicted molar refractivity (Wildman–Crippen MR) is 351 cm³/mol. The molecule has 0 bridgehead atoms. The quantitative estimate of drug-likeness (QED) is 0.159. The van der Waals surface area contributed by atoms with Crippen LogP contribution in [-0.2, 0) is 47.9 Å². The molecule has 4 fully saturated rings. The number of hydrogen-bond acceptors (Lipinski definition) is 14. The number of aliphatic hydroxyl groups excluding tert-OH is 4. The van der Waals surface area contributed by atoms with Crippen molar-refractivity contribution in [2.75, 3.05) is 32.7 Å². The number of nitrogens with one attached hydrogen (secondary N) is 1. The molecule has 19 heteroatoms. The highest BCUT2D eigenvalue weighted by molar-refractivity contribution is 5.96. The van der Waals surface area contributed by atoms with E-state index in [2.05, 4.69) is 5.32 Å². The maximum Gasteiger partial charge on any atom is 0.228 e. The van der Waals surface area contributed by atoms with Crippen LogP contribution in [0.1, 0.15) is 253 Å². The third kappa shape index (κ3) is 27.0. The van der Waals surface area contributed by atoms with Crippen molar-refractivity contribution in [2.24, 2.45) is 54.1 Å². The summed E-state index contributed by atoms with van der Waals surface area (Å²) in [5.74, 6) is 0.120. The van der Waals surface area contributed by atoms with E-state index in [0.717, 1.165) is 0 Å². The van der Waals surface area contributed by atoms with Crippen molar-refractivity contribution >= 4 is 58.5 Å². The molecular formula is C70H127N5O14. The molecule has 4 saturated heterocycles. The summed E-state index contributed by atoms with van der Waals surface area (Å²) in [6, 6.07) is -1.75. The van der Waals surface area contributed by atoms with Gasteiger partial charge in [0.1, 0.15) is 5.78 Å². The molecule has 0 aliphatic carbocycles. The van der Waals surface area contributed by atoms with E-state index < -0.39 is 91.9 Å².